The first-order chi connectivity index (χ1) is 5.74. The monoisotopic (exact) mass is 285 g/mol. The van der Waals surface area contributed by atoms with Gasteiger partial charge in [0.15, 0.2) is 23.0 Å². The van der Waals surface area contributed by atoms with Gasteiger partial charge in [0.1, 0.15) is 0 Å². The van der Waals surface area contributed by atoms with Crippen molar-refractivity contribution in [2.24, 2.45) is 0 Å². The van der Waals surface area contributed by atoms with Crippen LogP contribution >= 0.6 is 23.0 Å². The standard InChI is InChI=1S/C8H16INO2/c1-3-5-6-10(4-2)7-8(11)12-9/h3-7H2,1-2H3. The quantitative estimate of drug-likeness (QED) is 0.699. The summed E-state index contributed by atoms with van der Waals surface area (Å²) in [6.07, 6.45) is 2.30. The lowest BCUT2D eigenvalue weighted by atomic mass is 10.3. The molecule has 0 N–H and O–H groups in total. The lowest BCUT2D eigenvalue weighted by molar-refractivity contribution is -0.132. The molecule has 0 saturated carbocycles. The highest BCUT2D eigenvalue weighted by Gasteiger charge is 2.07. The van der Waals surface area contributed by atoms with Gasteiger partial charge in [0.25, 0.3) is 0 Å². The Balaban J connectivity index is 3.59. The summed E-state index contributed by atoms with van der Waals surface area (Å²) in [5.74, 6) is -0.159. The van der Waals surface area contributed by atoms with Crippen molar-refractivity contribution in [2.45, 2.75) is 26.7 Å². The van der Waals surface area contributed by atoms with Crippen molar-refractivity contribution in [3.05, 3.63) is 0 Å². The maximum atomic E-state index is 10.9. The van der Waals surface area contributed by atoms with Crippen LogP contribution in [0.3, 0.4) is 0 Å². The van der Waals surface area contributed by atoms with Crippen LogP contribution < -0.4 is 0 Å². The highest BCUT2D eigenvalue weighted by molar-refractivity contribution is 14.1. The van der Waals surface area contributed by atoms with Crippen molar-refractivity contribution in [2.75, 3.05) is 19.6 Å². The van der Waals surface area contributed by atoms with Crippen LogP contribution in [0.1, 0.15) is 26.7 Å². The number of hydrogen-bond acceptors (Lipinski definition) is 3. The van der Waals surface area contributed by atoms with Crippen molar-refractivity contribution in [1.29, 1.82) is 0 Å². The zero-order valence-corrected chi connectivity index (χ0v) is 9.83. The highest BCUT2D eigenvalue weighted by atomic mass is 127. The zero-order valence-electron chi connectivity index (χ0n) is 7.68. The summed E-state index contributed by atoms with van der Waals surface area (Å²) in [6, 6.07) is 0. The van der Waals surface area contributed by atoms with Crippen LogP contribution in [0.4, 0.5) is 0 Å². The number of likely N-dealkylation sites (N-methyl/N-ethyl adjacent to an activating group) is 1. The molecule has 0 aliphatic carbocycles. The predicted molar refractivity (Wildman–Crippen MR) is 57.1 cm³/mol. The second-order valence-corrected chi connectivity index (χ2v) is 3.11. The van der Waals surface area contributed by atoms with Gasteiger partial charge in [-0.25, -0.2) is 4.79 Å². The van der Waals surface area contributed by atoms with E-state index >= 15 is 0 Å². The van der Waals surface area contributed by atoms with Gasteiger partial charge in [-0.2, -0.15) is 0 Å². The van der Waals surface area contributed by atoms with Gasteiger partial charge in [0, 0.05) is 0 Å². The molecule has 3 nitrogen and oxygen atoms in total. The SMILES string of the molecule is CCCCN(CC)CC(=O)OI. The van der Waals surface area contributed by atoms with Crippen molar-refractivity contribution in [3.63, 3.8) is 0 Å². The van der Waals surface area contributed by atoms with Gasteiger partial charge in [0.05, 0.1) is 6.54 Å². The summed E-state index contributed by atoms with van der Waals surface area (Å²) >= 11 is 1.62. The average molecular weight is 285 g/mol. The molecule has 0 amide bonds. The maximum absolute atomic E-state index is 10.9. The minimum atomic E-state index is -0.159. The van der Waals surface area contributed by atoms with Crippen LogP contribution in [0.25, 0.3) is 0 Å². The Kier molecular flexibility index (Phi) is 7.89. The second kappa shape index (κ2) is 7.79. The summed E-state index contributed by atoms with van der Waals surface area (Å²) in [5.41, 5.74) is 0. The topological polar surface area (TPSA) is 29.5 Å². The number of unbranched alkanes of at least 4 members (excludes halogenated alkanes) is 1. The Morgan fingerprint density at radius 1 is 1.50 bits per heavy atom. The van der Waals surface area contributed by atoms with Gasteiger partial charge in [0.2, 0.25) is 0 Å². The highest BCUT2D eigenvalue weighted by Crippen LogP contribution is 1.97. The summed E-state index contributed by atoms with van der Waals surface area (Å²) in [4.78, 5) is 13.0. The second-order valence-electron chi connectivity index (χ2n) is 2.67. The fourth-order valence-electron chi connectivity index (χ4n) is 0.938. The lowest BCUT2D eigenvalue weighted by Gasteiger charge is -2.17. The Labute approximate surface area is 88.1 Å². The number of carbonyl (C=O) groups is 1. The maximum Gasteiger partial charge on any atom is 0.329 e. The summed E-state index contributed by atoms with van der Waals surface area (Å²) in [7, 11) is 0. The normalized spacial score (nSPS) is 10.3. The fraction of sp³-hybridized carbons (Fsp3) is 0.875. The molecular formula is C8H16INO2. The average Bonchev–Trinajstić information content (AvgIpc) is 2.11. The molecule has 0 aliphatic heterocycles. The Hall–Kier alpha value is 0.160. The lowest BCUT2D eigenvalue weighted by Crippen LogP contribution is -2.30. The van der Waals surface area contributed by atoms with Crippen molar-refractivity contribution >= 4 is 29.0 Å². The number of nitrogens with zero attached hydrogens (tertiary/aromatic N) is 1. The summed E-state index contributed by atoms with van der Waals surface area (Å²) in [6.45, 7) is 6.50. The van der Waals surface area contributed by atoms with Gasteiger partial charge in [-0.05, 0) is 19.5 Å². The molecule has 0 saturated heterocycles. The number of hydrogen-bond donors (Lipinski definition) is 0. The fourth-order valence-corrected chi connectivity index (χ4v) is 1.08. The molecule has 0 atom stereocenters. The molecule has 12 heavy (non-hydrogen) atoms. The van der Waals surface area contributed by atoms with Crippen LogP contribution in [-0.4, -0.2) is 30.5 Å². The third-order valence-corrected chi connectivity index (χ3v) is 2.21. The van der Waals surface area contributed by atoms with E-state index in [0.717, 1.165) is 25.9 Å². The van der Waals surface area contributed by atoms with E-state index in [1.54, 1.807) is 23.0 Å². The first-order valence-electron chi connectivity index (χ1n) is 4.28. The molecule has 4 heteroatoms. The van der Waals surface area contributed by atoms with Crippen LogP contribution in [0.2, 0.25) is 0 Å². The van der Waals surface area contributed by atoms with Gasteiger partial charge in [-0.3, -0.25) is 4.90 Å². The Morgan fingerprint density at radius 2 is 2.17 bits per heavy atom. The molecule has 0 aromatic carbocycles. The molecule has 0 radical (unpaired) electrons. The molecule has 0 spiro atoms. The molecule has 0 unspecified atom stereocenters. The predicted octanol–water partition coefficient (Wildman–Crippen LogP) is 2.00. The molecule has 0 aliphatic rings. The molecule has 0 aromatic rings. The van der Waals surface area contributed by atoms with E-state index in [9.17, 15) is 4.79 Å². The zero-order chi connectivity index (χ0) is 9.40. The van der Waals surface area contributed by atoms with Crippen LogP contribution in [0.5, 0.6) is 0 Å². The van der Waals surface area contributed by atoms with Crippen LogP contribution in [0.15, 0.2) is 0 Å². The van der Waals surface area contributed by atoms with E-state index in [4.69, 9.17) is 0 Å². The van der Waals surface area contributed by atoms with Crippen molar-refractivity contribution < 1.29 is 7.86 Å². The van der Waals surface area contributed by atoms with Crippen LogP contribution in [0, 0.1) is 0 Å². The largest absolute Gasteiger partial charge is 0.394 e. The molecule has 72 valence electrons. The number of carbonyl (C=O) groups excluding carboxylic acids is 1. The van der Waals surface area contributed by atoms with Gasteiger partial charge >= 0.3 is 5.97 Å². The van der Waals surface area contributed by atoms with Crippen LogP contribution in [-0.2, 0) is 7.86 Å². The van der Waals surface area contributed by atoms with Gasteiger partial charge in [-0.1, -0.05) is 20.3 Å². The first-order valence-corrected chi connectivity index (χ1v) is 5.16. The van der Waals surface area contributed by atoms with E-state index in [-0.39, 0.29) is 5.97 Å². The number of rotatable bonds is 6. The minimum absolute atomic E-state index is 0.159. The van der Waals surface area contributed by atoms with Gasteiger partial charge in [-0.15, -0.1) is 0 Å². The molecular weight excluding hydrogens is 269 g/mol. The smallest absolute Gasteiger partial charge is 0.329 e. The first kappa shape index (κ1) is 12.2. The van der Waals surface area contributed by atoms with E-state index in [1.807, 2.05) is 0 Å². The molecule has 0 bridgehead atoms. The van der Waals surface area contributed by atoms with E-state index in [2.05, 4.69) is 21.8 Å². The number of halogens is 1. The molecule has 0 heterocycles. The Morgan fingerprint density at radius 3 is 2.58 bits per heavy atom. The summed E-state index contributed by atoms with van der Waals surface area (Å²) in [5, 5.41) is 0. The van der Waals surface area contributed by atoms with E-state index in [1.165, 1.54) is 0 Å². The van der Waals surface area contributed by atoms with Crippen molar-refractivity contribution in [3.8, 4) is 0 Å². The molecule has 0 rings (SSSR count). The third kappa shape index (κ3) is 5.77. The summed E-state index contributed by atoms with van der Waals surface area (Å²) < 4.78 is 4.55. The molecule has 0 aromatic heterocycles. The van der Waals surface area contributed by atoms with E-state index in [0.29, 0.717) is 6.54 Å². The van der Waals surface area contributed by atoms with Gasteiger partial charge < -0.3 is 3.07 Å². The minimum Gasteiger partial charge on any atom is -0.394 e. The Bertz CT molecular complexity index is 130. The molecule has 0 fully saturated rings. The third-order valence-electron chi connectivity index (χ3n) is 1.71. The van der Waals surface area contributed by atoms with E-state index < -0.39 is 0 Å². The van der Waals surface area contributed by atoms with Crippen molar-refractivity contribution in [1.82, 2.24) is 4.90 Å².